The van der Waals surface area contributed by atoms with Crippen LogP contribution >= 0.6 is 11.3 Å². The van der Waals surface area contributed by atoms with Gasteiger partial charge in [-0.2, -0.15) is 13.2 Å². The highest BCUT2D eigenvalue weighted by atomic mass is 32.1. The average Bonchev–Trinajstić information content (AvgIpc) is 3.31. The number of nitrogens with zero attached hydrogens (tertiary/aromatic N) is 2. The Hall–Kier alpha value is -3.33. The topological polar surface area (TPSA) is 55.6 Å². The molecule has 154 valence electrons. The van der Waals surface area contributed by atoms with Crippen LogP contribution in [-0.2, 0) is 17.4 Å². The van der Waals surface area contributed by atoms with Gasteiger partial charge in [-0.3, -0.25) is 9.20 Å². The van der Waals surface area contributed by atoms with Crippen LogP contribution in [0.5, 0.6) is 5.75 Å². The number of nitrogens with one attached hydrogen (secondary N) is 1. The third kappa shape index (κ3) is 4.02. The highest BCUT2D eigenvalue weighted by Crippen LogP contribution is 2.35. The Bertz CT molecular complexity index is 1200. The molecule has 0 aliphatic carbocycles. The molecule has 4 rings (SSSR count). The van der Waals surface area contributed by atoms with Crippen LogP contribution in [-0.4, -0.2) is 22.4 Å². The summed E-state index contributed by atoms with van der Waals surface area (Å²) in [5.74, 6) is 0.518. The number of fused-ring (bicyclic) bond motifs is 1. The van der Waals surface area contributed by atoms with Gasteiger partial charge in [0.25, 0.3) is 0 Å². The van der Waals surface area contributed by atoms with Gasteiger partial charge in [-0.1, -0.05) is 36.4 Å². The number of hydrogen-bond donors (Lipinski definition) is 1. The Labute approximate surface area is 173 Å². The van der Waals surface area contributed by atoms with Crippen LogP contribution in [0.4, 0.5) is 19.0 Å². The second-order valence-electron chi connectivity index (χ2n) is 6.54. The molecule has 0 spiro atoms. The van der Waals surface area contributed by atoms with Crippen molar-refractivity contribution < 1.29 is 22.7 Å². The summed E-state index contributed by atoms with van der Waals surface area (Å²) in [5.41, 5.74) is 1.93. The zero-order chi connectivity index (χ0) is 21.3. The largest absolute Gasteiger partial charge is 0.497 e. The maximum Gasteiger partial charge on any atom is 0.432 e. The molecule has 0 aliphatic heterocycles. The standard InChI is InChI=1S/C21H16F3N3O2S/c1-29-16-4-2-3-15(10-16)14-7-5-13(6-8-14)9-18(28)26-19-20-27(12-25-19)17(11-30-20)21(22,23)24/h2-8,10-12H,9H2,1H3,(H,26,28). The Morgan fingerprint density at radius 3 is 2.63 bits per heavy atom. The number of carbonyl (C=O) groups is 1. The van der Waals surface area contributed by atoms with Gasteiger partial charge in [0.2, 0.25) is 5.91 Å². The number of halogens is 3. The number of amides is 1. The van der Waals surface area contributed by atoms with Gasteiger partial charge in [-0.05, 0) is 28.8 Å². The summed E-state index contributed by atoms with van der Waals surface area (Å²) >= 11 is 0.880. The summed E-state index contributed by atoms with van der Waals surface area (Å²) in [6.07, 6.45) is -3.34. The second kappa shape index (κ2) is 7.83. The van der Waals surface area contributed by atoms with Crippen LogP contribution in [0.15, 0.2) is 60.2 Å². The summed E-state index contributed by atoms with van der Waals surface area (Å²) < 4.78 is 45.1. The van der Waals surface area contributed by atoms with E-state index in [-0.39, 0.29) is 23.0 Å². The third-order valence-corrected chi connectivity index (χ3v) is 5.49. The van der Waals surface area contributed by atoms with Gasteiger partial charge in [0, 0.05) is 5.38 Å². The fraction of sp³-hybridized carbons (Fsp3) is 0.143. The van der Waals surface area contributed by atoms with Gasteiger partial charge in [0.15, 0.2) is 5.82 Å². The summed E-state index contributed by atoms with van der Waals surface area (Å²) in [7, 11) is 1.61. The monoisotopic (exact) mass is 431 g/mol. The van der Waals surface area contributed by atoms with E-state index >= 15 is 0 Å². The van der Waals surface area contributed by atoms with E-state index in [1.807, 2.05) is 48.5 Å². The minimum absolute atomic E-state index is 0.0783. The molecule has 0 saturated heterocycles. The summed E-state index contributed by atoms with van der Waals surface area (Å²) in [6, 6.07) is 15.1. The normalized spacial score (nSPS) is 11.6. The highest BCUT2D eigenvalue weighted by molar-refractivity contribution is 7.16. The number of hydrogen-bond acceptors (Lipinski definition) is 4. The van der Waals surface area contributed by atoms with Crippen LogP contribution < -0.4 is 10.1 Å². The van der Waals surface area contributed by atoms with E-state index in [1.165, 1.54) is 0 Å². The quantitative estimate of drug-likeness (QED) is 0.468. The van der Waals surface area contributed by atoms with Crippen molar-refractivity contribution in [3.8, 4) is 16.9 Å². The van der Waals surface area contributed by atoms with Gasteiger partial charge in [-0.25, -0.2) is 4.98 Å². The van der Waals surface area contributed by atoms with Gasteiger partial charge in [-0.15, -0.1) is 11.3 Å². The van der Waals surface area contributed by atoms with Crippen molar-refractivity contribution in [3.05, 3.63) is 71.5 Å². The molecule has 30 heavy (non-hydrogen) atoms. The van der Waals surface area contributed by atoms with E-state index in [0.29, 0.717) is 0 Å². The van der Waals surface area contributed by atoms with Crippen molar-refractivity contribution in [3.63, 3.8) is 0 Å². The Morgan fingerprint density at radius 2 is 1.93 bits per heavy atom. The molecule has 0 aliphatic rings. The lowest BCUT2D eigenvalue weighted by Gasteiger charge is -2.07. The van der Waals surface area contributed by atoms with Crippen molar-refractivity contribution in [2.24, 2.45) is 0 Å². The molecular formula is C21H16F3N3O2S. The van der Waals surface area contributed by atoms with Crippen LogP contribution in [0.2, 0.25) is 0 Å². The first-order valence-electron chi connectivity index (χ1n) is 8.90. The number of benzene rings is 2. The molecule has 0 atom stereocenters. The molecule has 0 fully saturated rings. The van der Waals surface area contributed by atoms with Crippen molar-refractivity contribution in [1.82, 2.24) is 9.38 Å². The number of carbonyl (C=O) groups excluding carboxylic acids is 1. The van der Waals surface area contributed by atoms with Gasteiger partial charge >= 0.3 is 6.18 Å². The lowest BCUT2D eigenvalue weighted by atomic mass is 10.0. The Kier molecular flexibility index (Phi) is 5.21. The molecular weight excluding hydrogens is 415 g/mol. The first kappa shape index (κ1) is 20.0. The van der Waals surface area contributed by atoms with E-state index in [9.17, 15) is 18.0 Å². The highest BCUT2D eigenvalue weighted by Gasteiger charge is 2.35. The molecule has 0 radical (unpaired) electrons. The van der Waals surface area contributed by atoms with Crippen LogP contribution in [0.1, 0.15) is 11.3 Å². The number of aromatic nitrogens is 2. The predicted octanol–water partition coefficient (Wildman–Crippen LogP) is 5.27. The van der Waals surface area contributed by atoms with Gasteiger partial charge < -0.3 is 10.1 Å². The van der Waals surface area contributed by atoms with Gasteiger partial charge in [0.05, 0.1) is 13.5 Å². The molecule has 5 nitrogen and oxygen atoms in total. The molecule has 2 heterocycles. The number of methoxy groups -OCH3 is 1. The van der Waals surface area contributed by atoms with Crippen LogP contribution in [0.25, 0.3) is 16.0 Å². The molecule has 2 aromatic carbocycles. The number of ether oxygens (including phenoxy) is 1. The number of alkyl halides is 3. The predicted molar refractivity (Wildman–Crippen MR) is 109 cm³/mol. The van der Waals surface area contributed by atoms with Crippen molar-refractivity contribution in [2.45, 2.75) is 12.6 Å². The first-order chi connectivity index (χ1) is 14.3. The van der Waals surface area contributed by atoms with E-state index in [1.54, 1.807) is 7.11 Å². The molecule has 4 aromatic rings. The SMILES string of the molecule is COc1cccc(-c2ccc(CC(=O)Nc3ncn4c(C(F)(F)F)csc34)cc2)c1. The number of imidazole rings is 1. The van der Waals surface area contributed by atoms with Crippen LogP contribution in [0.3, 0.4) is 0 Å². The fourth-order valence-electron chi connectivity index (χ4n) is 3.06. The molecule has 9 heteroatoms. The van der Waals surface area contributed by atoms with E-state index in [2.05, 4.69) is 10.3 Å². The van der Waals surface area contributed by atoms with E-state index in [4.69, 9.17) is 4.74 Å². The Balaban J connectivity index is 1.46. The molecule has 2 aromatic heterocycles. The minimum atomic E-state index is -4.48. The summed E-state index contributed by atoms with van der Waals surface area (Å²) in [6.45, 7) is 0. The lowest BCUT2D eigenvalue weighted by molar-refractivity contribution is -0.141. The van der Waals surface area contributed by atoms with E-state index < -0.39 is 11.9 Å². The summed E-state index contributed by atoms with van der Waals surface area (Å²) in [4.78, 5) is 16.5. The molecule has 1 N–H and O–H groups in total. The number of rotatable bonds is 5. The fourth-order valence-corrected chi connectivity index (χ4v) is 4.00. The maximum absolute atomic E-state index is 13.0. The lowest BCUT2D eigenvalue weighted by Crippen LogP contribution is -2.14. The van der Waals surface area contributed by atoms with Crippen LogP contribution in [0, 0.1) is 0 Å². The van der Waals surface area contributed by atoms with Crippen molar-refractivity contribution in [2.75, 3.05) is 12.4 Å². The zero-order valence-corrected chi connectivity index (χ0v) is 16.6. The second-order valence-corrected chi connectivity index (χ2v) is 7.40. The molecule has 1 amide bonds. The maximum atomic E-state index is 13.0. The molecule has 0 saturated carbocycles. The first-order valence-corrected chi connectivity index (χ1v) is 9.78. The molecule has 0 bridgehead atoms. The van der Waals surface area contributed by atoms with Crippen molar-refractivity contribution in [1.29, 1.82) is 0 Å². The van der Waals surface area contributed by atoms with E-state index in [0.717, 1.165) is 49.9 Å². The smallest absolute Gasteiger partial charge is 0.432 e. The number of thiazole rings is 1. The zero-order valence-electron chi connectivity index (χ0n) is 15.7. The third-order valence-electron chi connectivity index (χ3n) is 4.54. The number of anilines is 1. The van der Waals surface area contributed by atoms with Gasteiger partial charge in [0.1, 0.15) is 22.6 Å². The molecule has 0 unspecified atom stereocenters. The minimum Gasteiger partial charge on any atom is -0.497 e. The average molecular weight is 431 g/mol. The van der Waals surface area contributed by atoms with Crippen molar-refractivity contribution >= 4 is 27.9 Å². The summed E-state index contributed by atoms with van der Waals surface area (Å²) in [5, 5.41) is 3.60. The Morgan fingerprint density at radius 1 is 1.17 bits per heavy atom.